The van der Waals surface area contributed by atoms with Gasteiger partial charge in [0.15, 0.2) is 0 Å². The van der Waals surface area contributed by atoms with E-state index in [9.17, 15) is 27.6 Å². The van der Waals surface area contributed by atoms with Crippen molar-refractivity contribution in [2.75, 3.05) is 13.1 Å². The lowest BCUT2D eigenvalue weighted by Crippen LogP contribution is -2.61. The molecule has 2 amide bonds. The van der Waals surface area contributed by atoms with Gasteiger partial charge in [0.2, 0.25) is 5.91 Å². The number of halogens is 3. The van der Waals surface area contributed by atoms with E-state index in [-0.39, 0.29) is 25.2 Å². The number of hydrogen-bond acceptors (Lipinski definition) is 4. The Morgan fingerprint density at radius 3 is 2.17 bits per heavy atom. The van der Waals surface area contributed by atoms with Gasteiger partial charge >= 0.3 is 12.3 Å². The van der Waals surface area contributed by atoms with E-state index in [4.69, 9.17) is 4.74 Å². The molecule has 1 saturated heterocycles. The summed E-state index contributed by atoms with van der Waals surface area (Å²) in [4.78, 5) is 40.1. The molecule has 0 bridgehead atoms. The van der Waals surface area contributed by atoms with Crippen LogP contribution in [0.25, 0.3) is 0 Å². The zero-order valence-electron chi connectivity index (χ0n) is 17.1. The van der Waals surface area contributed by atoms with Crippen LogP contribution in [0.2, 0.25) is 0 Å². The fraction of sp³-hybridized carbons (Fsp3) is 0.632. The van der Waals surface area contributed by atoms with Gasteiger partial charge in [0.1, 0.15) is 17.7 Å². The number of nitrogens with zero attached hydrogens (tertiary/aromatic N) is 3. The average Bonchev–Trinajstić information content (AvgIpc) is 2.53. The van der Waals surface area contributed by atoms with E-state index in [0.717, 1.165) is 16.8 Å². The number of aromatic nitrogens is 1. The Labute approximate surface area is 167 Å². The first-order chi connectivity index (χ1) is 13.2. The molecular weight excluding hydrogens is 391 g/mol. The first-order valence-corrected chi connectivity index (χ1v) is 9.26. The monoisotopic (exact) mass is 417 g/mol. The van der Waals surface area contributed by atoms with Gasteiger partial charge in [-0.1, -0.05) is 0 Å². The molecule has 1 aliphatic rings. The van der Waals surface area contributed by atoms with Gasteiger partial charge in [0.05, 0.1) is 0 Å². The number of ether oxygens (including phenoxy) is 1. The predicted octanol–water partition coefficient (Wildman–Crippen LogP) is 2.72. The molecule has 0 radical (unpaired) electrons. The Balaban J connectivity index is 2.13. The topological polar surface area (TPSA) is 71.8 Å². The van der Waals surface area contributed by atoms with Crippen molar-refractivity contribution < 1.29 is 27.5 Å². The number of rotatable bonds is 2. The van der Waals surface area contributed by atoms with Crippen LogP contribution < -0.4 is 5.56 Å². The van der Waals surface area contributed by atoms with Crippen LogP contribution in [0.5, 0.6) is 0 Å². The van der Waals surface area contributed by atoms with Crippen molar-refractivity contribution in [1.29, 1.82) is 0 Å². The van der Waals surface area contributed by atoms with Gasteiger partial charge in [0, 0.05) is 31.4 Å². The quantitative estimate of drug-likeness (QED) is 0.742. The highest BCUT2D eigenvalue weighted by atomic mass is 19.4. The van der Waals surface area contributed by atoms with E-state index in [1.165, 1.54) is 9.80 Å². The molecule has 0 aliphatic carbocycles. The normalized spacial score (nSPS) is 20.6. The van der Waals surface area contributed by atoms with E-state index < -0.39 is 41.4 Å². The summed E-state index contributed by atoms with van der Waals surface area (Å²) in [5, 5.41) is 0. The molecule has 7 nitrogen and oxygen atoms in total. The maximum absolute atomic E-state index is 12.9. The number of piperazine rings is 1. The molecule has 2 atom stereocenters. The predicted molar refractivity (Wildman–Crippen MR) is 99.3 cm³/mol. The van der Waals surface area contributed by atoms with Gasteiger partial charge in [-0.25, -0.2) is 4.79 Å². The molecule has 2 rings (SSSR count). The summed E-state index contributed by atoms with van der Waals surface area (Å²) in [5.74, 6) is -0.490. The van der Waals surface area contributed by atoms with E-state index in [1.807, 2.05) is 0 Å². The van der Waals surface area contributed by atoms with Crippen LogP contribution in [-0.2, 0) is 22.3 Å². The molecule has 0 aromatic carbocycles. The van der Waals surface area contributed by atoms with Crippen molar-refractivity contribution in [3.63, 3.8) is 0 Å². The molecule has 1 aromatic rings. The third-order valence-corrected chi connectivity index (χ3v) is 4.49. The average molecular weight is 417 g/mol. The second kappa shape index (κ2) is 8.08. The number of carbonyl (C=O) groups is 2. The van der Waals surface area contributed by atoms with Crippen LogP contribution in [0.1, 0.15) is 40.2 Å². The highest BCUT2D eigenvalue weighted by Gasteiger charge is 2.37. The fourth-order valence-electron chi connectivity index (χ4n) is 3.39. The Morgan fingerprint density at radius 2 is 1.69 bits per heavy atom. The smallest absolute Gasteiger partial charge is 0.421 e. The van der Waals surface area contributed by atoms with Crippen molar-refractivity contribution in [2.45, 2.75) is 65.0 Å². The largest absolute Gasteiger partial charge is 0.444 e. The number of hydrogen-bond donors (Lipinski definition) is 0. The van der Waals surface area contributed by atoms with E-state index in [1.54, 1.807) is 34.6 Å². The number of amides is 2. The van der Waals surface area contributed by atoms with Crippen molar-refractivity contribution in [1.82, 2.24) is 14.4 Å². The van der Waals surface area contributed by atoms with Crippen molar-refractivity contribution in [3.8, 4) is 0 Å². The molecule has 0 N–H and O–H groups in total. The van der Waals surface area contributed by atoms with E-state index >= 15 is 0 Å². The van der Waals surface area contributed by atoms with Crippen molar-refractivity contribution >= 4 is 12.0 Å². The third-order valence-electron chi connectivity index (χ3n) is 4.49. The lowest BCUT2D eigenvalue weighted by Gasteiger charge is -2.44. The van der Waals surface area contributed by atoms with Crippen LogP contribution >= 0.6 is 0 Å². The second-order valence-electron chi connectivity index (χ2n) is 8.24. The summed E-state index contributed by atoms with van der Waals surface area (Å²) < 4.78 is 44.9. The highest BCUT2D eigenvalue weighted by Crippen LogP contribution is 2.26. The summed E-state index contributed by atoms with van der Waals surface area (Å²) in [6.45, 7) is 8.67. The maximum Gasteiger partial charge on any atom is 0.421 e. The minimum atomic E-state index is -4.79. The van der Waals surface area contributed by atoms with E-state index in [2.05, 4.69) is 0 Å². The highest BCUT2D eigenvalue weighted by molar-refractivity contribution is 5.77. The fourth-order valence-corrected chi connectivity index (χ4v) is 3.39. The van der Waals surface area contributed by atoms with Crippen LogP contribution in [0.4, 0.5) is 18.0 Å². The molecule has 1 fully saturated rings. The maximum atomic E-state index is 12.9. The summed E-state index contributed by atoms with van der Waals surface area (Å²) >= 11 is 0. The summed E-state index contributed by atoms with van der Waals surface area (Å²) in [6.07, 6.45) is -4.12. The number of alkyl halides is 3. The minimum absolute atomic E-state index is 0.225. The third kappa shape index (κ3) is 5.51. The Morgan fingerprint density at radius 1 is 1.14 bits per heavy atom. The molecule has 162 valence electrons. The lowest BCUT2D eigenvalue weighted by atomic mass is 10.1. The molecular formula is C19H26F3N3O4. The molecule has 0 spiro atoms. The first kappa shape index (κ1) is 22.8. The van der Waals surface area contributed by atoms with E-state index in [0.29, 0.717) is 6.07 Å². The molecule has 10 heteroatoms. The molecule has 2 heterocycles. The molecule has 29 heavy (non-hydrogen) atoms. The van der Waals surface area contributed by atoms with Gasteiger partial charge in [-0.05, 0) is 46.8 Å². The van der Waals surface area contributed by atoms with Crippen LogP contribution in [0.15, 0.2) is 23.1 Å². The molecule has 1 aromatic heterocycles. The summed E-state index contributed by atoms with van der Waals surface area (Å²) in [6, 6.07) is 0.999. The van der Waals surface area contributed by atoms with Gasteiger partial charge < -0.3 is 19.1 Å². The van der Waals surface area contributed by atoms with Gasteiger partial charge in [-0.2, -0.15) is 13.2 Å². The summed E-state index contributed by atoms with van der Waals surface area (Å²) in [7, 11) is 0. The lowest BCUT2D eigenvalue weighted by molar-refractivity contribution is -0.141. The Kier molecular flexibility index (Phi) is 6.34. The van der Waals surface area contributed by atoms with Gasteiger partial charge in [-0.15, -0.1) is 0 Å². The number of carbonyl (C=O) groups excluding carboxylic acids is 2. The Hall–Kier alpha value is -2.52. The van der Waals surface area contributed by atoms with Gasteiger partial charge in [0.25, 0.3) is 5.56 Å². The molecule has 1 aliphatic heterocycles. The second-order valence-corrected chi connectivity index (χ2v) is 8.24. The molecule has 0 saturated carbocycles. The van der Waals surface area contributed by atoms with Crippen LogP contribution in [0, 0.1) is 0 Å². The van der Waals surface area contributed by atoms with Crippen molar-refractivity contribution in [3.05, 3.63) is 34.2 Å². The zero-order chi connectivity index (χ0) is 22.1. The van der Waals surface area contributed by atoms with Gasteiger partial charge in [-0.3, -0.25) is 9.59 Å². The standard InChI is InChI=1S/C19H26F3N3O4/c1-12-9-24(17(28)29-18(3,4)5)10-13(2)25(12)15(26)11-23-8-6-7-14(16(23)27)19(20,21)22/h6-8,12-13H,9-11H2,1-5H3. The van der Waals surface area contributed by atoms with Crippen molar-refractivity contribution in [2.24, 2.45) is 0 Å². The zero-order valence-corrected chi connectivity index (χ0v) is 17.1. The first-order valence-electron chi connectivity index (χ1n) is 9.26. The Bertz CT molecular complexity index is 817. The van der Waals surface area contributed by atoms with Crippen LogP contribution in [0.3, 0.4) is 0 Å². The van der Waals surface area contributed by atoms with Crippen LogP contribution in [-0.4, -0.2) is 57.1 Å². The molecule has 2 unspecified atom stereocenters. The number of pyridine rings is 1. The minimum Gasteiger partial charge on any atom is -0.444 e. The SMILES string of the molecule is CC1CN(C(=O)OC(C)(C)C)CC(C)N1C(=O)Cn1cccc(C(F)(F)F)c1=O. The summed E-state index contributed by atoms with van der Waals surface area (Å²) in [5.41, 5.74) is -3.23.